The minimum atomic E-state index is -0.281. The second kappa shape index (κ2) is 7.78. The van der Waals surface area contributed by atoms with Crippen LogP contribution in [0.25, 0.3) is 16.8 Å². The second-order valence-corrected chi connectivity index (χ2v) is 7.90. The molecule has 0 unspecified atom stereocenters. The summed E-state index contributed by atoms with van der Waals surface area (Å²) in [5.41, 5.74) is 2.08. The van der Waals surface area contributed by atoms with E-state index in [1.165, 1.54) is 42.7 Å². The molecule has 0 amide bonds. The maximum Gasteiger partial charge on any atom is 0.135 e. The van der Waals surface area contributed by atoms with Crippen LogP contribution in [0.4, 0.5) is 4.39 Å². The molecule has 0 aliphatic carbocycles. The molecule has 7 heteroatoms. The van der Waals surface area contributed by atoms with Crippen LogP contribution in [0.1, 0.15) is 24.3 Å². The summed E-state index contributed by atoms with van der Waals surface area (Å²) in [6.07, 6.45) is 3.80. The first-order valence-electron chi connectivity index (χ1n) is 9.32. The van der Waals surface area contributed by atoms with E-state index in [0.717, 1.165) is 37.4 Å². The van der Waals surface area contributed by atoms with Crippen molar-refractivity contribution in [3.63, 3.8) is 0 Å². The molecule has 0 spiro atoms. The Labute approximate surface area is 162 Å². The predicted octanol–water partition coefficient (Wildman–Crippen LogP) is 4.00. The van der Waals surface area contributed by atoms with E-state index in [2.05, 4.69) is 9.88 Å². The summed E-state index contributed by atoms with van der Waals surface area (Å²) >= 11 is 1.40. The van der Waals surface area contributed by atoms with E-state index >= 15 is 0 Å². The van der Waals surface area contributed by atoms with Crippen LogP contribution in [0.2, 0.25) is 0 Å². The van der Waals surface area contributed by atoms with Gasteiger partial charge in [-0.15, -0.1) is 11.3 Å². The zero-order valence-electron chi connectivity index (χ0n) is 15.1. The third kappa shape index (κ3) is 3.89. The molecule has 2 N–H and O–H groups in total. The lowest BCUT2D eigenvalue weighted by molar-refractivity contribution is 0.210. The van der Waals surface area contributed by atoms with Crippen molar-refractivity contribution < 1.29 is 9.50 Å². The van der Waals surface area contributed by atoms with Gasteiger partial charge >= 0.3 is 0 Å². The molecule has 3 heterocycles. The first-order chi connectivity index (χ1) is 13.1. The van der Waals surface area contributed by atoms with Gasteiger partial charge in [0.15, 0.2) is 0 Å². The van der Waals surface area contributed by atoms with Crippen LogP contribution >= 0.6 is 11.3 Å². The van der Waals surface area contributed by atoms with Crippen molar-refractivity contribution in [2.75, 3.05) is 32.7 Å². The molecule has 0 bridgehead atoms. The number of piperidine rings is 1. The monoisotopic (exact) mass is 386 g/mol. The maximum atomic E-state index is 13.1. The number of hydrogen-bond acceptors (Lipinski definition) is 5. The number of nitrogens with one attached hydrogen (secondary N) is 1. The smallest absolute Gasteiger partial charge is 0.135 e. The minimum Gasteiger partial charge on any atom is -0.510 e. The summed E-state index contributed by atoms with van der Waals surface area (Å²) in [5.74, 6) is 0.264. The SMILES string of the molecule is N=C1C(c2nc(-c3ccc(F)cc3)cs2)=C(O)CN1CCN1CCCCC1. The Morgan fingerprint density at radius 3 is 2.59 bits per heavy atom. The number of halogens is 1. The Morgan fingerprint density at radius 1 is 1.11 bits per heavy atom. The first kappa shape index (κ1) is 18.1. The van der Waals surface area contributed by atoms with Gasteiger partial charge in [0.25, 0.3) is 0 Å². The van der Waals surface area contributed by atoms with E-state index in [1.807, 2.05) is 10.3 Å². The van der Waals surface area contributed by atoms with Gasteiger partial charge in [0.1, 0.15) is 22.4 Å². The van der Waals surface area contributed by atoms with Crippen molar-refractivity contribution in [1.82, 2.24) is 14.8 Å². The molecule has 1 saturated heterocycles. The third-order valence-electron chi connectivity index (χ3n) is 5.18. The van der Waals surface area contributed by atoms with Gasteiger partial charge < -0.3 is 14.9 Å². The number of aliphatic hydroxyl groups excluding tert-OH is 1. The highest BCUT2D eigenvalue weighted by Crippen LogP contribution is 2.32. The normalized spacial score (nSPS) is 18.6. The number of hydrogen-bond donors (Lipinski definition) is 2. The van der Waals surface area contributed by atoms with Crippen LogP contribution in [0, 0.1) is 11.2 Å². The highest BCUT2D eigenvalue weighted by atomic mass is 32.1. The quantitative estimate of drug-likeness (QED) is 0.815. The average Bonchev–Trinajstić information content (AvgIpc) is 3.26. The molecule has 27 heavy (non-hydrogen) atoms. The number of nitrogens with zero attached hydrogens (tertiary/aromatic N) is 3. The Hall–Kier alpha value is -2.25. The van der Waals surface area contributed by atoms with E-state index in [1.54, 1.807) is 12.1 Å². The van der Waals surface area contributed by atoms with Crippen LogP contribution in [0.15, 0.2) is 35.4 Å². The van der Waals surface area contributed by atoms with E-state index in [-0.39, 0.29) is 11.6 Å². The Morgan fingerprint density at radius 2 is 1.85 bits per heavy atom. The van der Waals surface area contributed by atoms with Gasteiger partial charge in [-0.2, -0.15) is 0 Å². The van der Waals surface area contributed by atoms with Gasteiger partial charge in [-0.3, -0.25) is 5.41 Å². The standard InChI is InChI=1S/C20H23FN4OS/c21-15-6-4-14(5-7-15)16-13-27-20(23-16)18-17(26)12-25(19(18)22)11-10-24-8-2-1-3-9-24/h4-7,13,22,26H,1-3,8-12H2. The average molecular weight is 386 g/mol. The second-order valence-electron chi connectivity index (χ2n) is 7.04. The number of likely N-dealkylation sites (tertiary alicyclic amines) is 1. The fourth-order valence-corrected chi connectivity index (χ4v) is 4.53. The number of benzene rings is 1. The van der Waals surface area contributed by atoms with Crippen LogP contribution in [0.5, 0.6) is 0 Å². The zero-order chi connectivity index (χ0) is 18.8. The van der Waals surface area contributed by atoms with Crippen molar-refractivity contribution in [2.24, 2.45) is 0 Å². The lowest BCUT2D eigenvalue weighted by Gasteiger charge is -2.29. The van der Waals surface area contributed by atoms with Gasteiger partial charge in [0, 0.05) is 24.0 Å². The van der Waals surface area contributed by atoms with Gasteiger partial charge in [-0.05, 0) is 50.2 Å². The largest absolute Gasteiger partial charge is 0.510 e. The molecule has 0 radical (unpaired) electrons. The molecule has 4 rings (SSSR count). The Bertz CT molecular complexity index is 855. The number of amidine groups is 1. The van der Waals surface area contributed by atoms with E-state index in [9.17, 15) is 9.50 Å². The summed E-state index contributed by atoms with van der Waals surface area (Å²) in [7, 11) is 0. The van der Waals surface area contributed by atoms with Gasteiger partial charge in [0.05, 0.1) is 17.8 Å². The van der Waals surface area contributed by atoms with Gasteiger partial charge in [-0.1, -0.05) is 6.42 Å². The van der Waals surface area contributed by atoms with Crippen molar-refractivity contribution in [3.05, 3.63) is 46.2 Å². The van der Waals surface area contributed by atoms with Crippen molar-refractivity contribution in [1.29, 1.82) is 5.41 Å². The Kier molecular flexibility index (Phi) is 5.22. The van der Waals surface area contributed by atoms with E-state index in [4.69, 9.17) is 5.41 Å². The molecule has 142 valence electrons. The van der Waals surface area contributed by atoms with Crippen LogP contribution in [-0.4, -0.2) is 58.4 Å². The highest BCUT2D eigenvalue weighted by Gasteiger charge is 2.30. The first-order valence-corrected chi connectivity index (χ1v) is 10.2. The third-order valence-corrected chi connectivity index (χ3v) is 6.03. The van der Waals surface area contributed by atoms with Crippen molar-refractivity contribution in [3.8, 4) is 11.3 Å². The fraction of sp³-hybridized carbons (Fsp3) is 0.400. The van der Waals surface area contributed by atoms with E-state index in [0.29, 0.717) is 23.0 Å². The van der Waals surface area contributed by atoms with Gasteiger partial charge in [0.2, 0.25) is 0 Å². The predicted molar refractivity (Wildman–Crippen MR) is 107 cm³/mol. The maximum absolute atomic E-state index is 13.1. The summed E-state index contributed by atoms with van der Waals surface area (Å²) < 4.78 is 13.1. The molecular formula is C20H23FN4OS. The van der Waals surface area contributed by atoms with Crippen molar-refractivity contribution >= 4 is 22.7 Å². The number of aromatic nitrogens is 1. The molecule has 2 aliphatic rings. The molecule has 2 aliphatic heterocycles. The molecule has 5 nitrogen and oxygen atoms in total. The molecule has 1 fully saturated rings. The molecule has 0 atom stereocenters. The highest BCUT2D eigenvalue weighted by molar-refractivity contribution is 7.11. The fourth-order valence-electron chi connectivity index (χ4n) is 3.64. The van der Waals surface area contributed by atoms with Crippen LogP contribution in [-0.2, 0) is 0 Å². The molecule has 2 aromatic rings. The van der Waals surface area contributed by atoms with E-state index < -0.39 is 0 Å². The lowest BCUT2D eigenvalue weighted by atomic mass is 10.1. The van der Waals surface area contributed by atoms with Crippen LogP contribution in [0.3, 0.4) is 0 Å². The molecule has 0 saturated carbocycles. The Balaban J connectivity index is 1.45. The van der Waals surface area contributed by atoms with Gasteiger partial charge in [-0.25, -0.2) is 9.37 Å². The molecule has 1 aromatic carbocycles. The number of thiazole rings is 1. The minimum absolute atomic E-state index is 0.207. The lowest BCUT2D eigenvalue weighted by Crippen LogP contribution is -2.38. The molecule has 1 aromatic heterocycles. The summed E-state index contributed by atoms with van der Waals surface area (Å²) in [6.45, 7) is 4.28. The number of rotatable bonds is 5. The molecular weight excluding hydrogens is 363 g/mol. The number of aliphatic hydroxyl groups is 1. The van der Waals surface area contributed by atoms with Crippen LogP contribution < -0.4 is 0 Å². The summed E-state index contributed by atoms with van der Waals surface area (Å²) in [6, 6.07) is 6.19. The summed E-state index contributed by atoms with van der Waals surface area (Å²) in [4.78, 5) is 8.93. The topological polar surface area (TPSA) is 63.5 Å². The van der Waals surface area contributed by atoms with Crippen molar-refractivity contribution in [2.45, 2.75) is 19.3 Å². The zero-order valence-corrected chi connectivity index (χ0v) is 15.9. The summed E-state index contributed by atoms with van der Waals surface area (Å²) in [5, 5.41) is 21.5.